The Kier molecular flexibility index (Phi) is 7.69. The Balaban J connectivity index is 1.38. The lowest BCUT2D eigenvalue weighted by atomic mass is 10.1. The van der Waals surface area contributed by atoms with Crippen LogP contribution in [0, 0.1) is 6.92 Å². The number of hydrogen-bond acceptors (Lipinski definition) is 3. The van der Waals surface area contributed by atoms with E-state index in [4.69, 9.17) is 0 Å². The van der Waals surface area contributed by atoms with Crippen molar-refractivity contribution < 1.29 is 22.8 Å². The van der Waals surface area contributed by atoms with Crippen LogP contribution in [0.15, 0.2) is 83.9 Å². The summed E-state index contributed by atoms with van der Waals surface area (Å²) in [4.78, 5) is 25.7. The van der Waals surface area contributed by atoms with Gasteiger partial charge in [-0.15, -0.1) is 11.8 Å². The van der Waals surface area contributed by atoms with Gasteiger partial charge in [0, 0.05) is 46.3 Å². The van der Waals surface area contributed by atoms with E-state index in [9.17, 15) is 22.8 Å². The number of hydrogen-bond donors (Lipinski definition) is 2. The van der Waals surface area contributed by atoms with Crippen LogP contribution in [0.5, 0.6) is 0 Å². The lowest BCUT2D eigenvalue weighted by Gasteiger charge is -2.10. The zero-order valence-electron chi connectivity index (χ0n) is 19.4. The summed E-state index contributed by atoms with van der Waals surface area (Å²) in [7, 11) is 0. The SMILES string of the molecule is Cc1ccc(NC(=O)CSc2cn(CCNC(=O)c3cccc(C(F)(F)F)c3)c3ccccc23)cc1. The first kappa shape index (κ1) is 25.4. The van der Waals surface area contributed by atoms with E-state index in [1.165, 1.54) is 23.9 Å². The van der Waals surface area contributed by atoms with Crippen molar-refractivity contribution in [3.8, 4) is 0 Å². The highest BCUT2D eigenvalue weighted by molar-refractivity contribution is 8.00. The quantitative estimate of drug-likeness (QED) is 0.280. The number of para-hydroxylation sites is 1. The number of aryl methyl sites for hydroxylation is 1. The number of aromatic nitrogens is 1. The van der Waals surface area contributed by atoms with Crippen molar-refractivity contribution in [2.24, 2.45) is 0 Å². The average Bonchev–Trinajstić information content (AvgIpc) is 3.21. The van der Waals surface area contributed by atoms with Gasteiger partial charge in [0.1, 0.15) is 0 Å². The standard InChI is InChI=1S/C27H24F3N3O2S/c1-18-9-11-21(12-10-18)32-25(34)17-36-24-16-33(23-8-3-2-7-22(23)24)14-13-31-26(35)19-5-4-6-20(15-19)27(28,29)30/h2-12,15-16H,13-14,17H2,1H3,(H,31,35)(H,32,34). The van der Waals surface area contributed by atoms with Gasteiger partial charge in [-0.05, 0) is 43.3 Å². The van der Waals surface area contributed by atoms with Crippen molar-refractivity contribution in [2.45, 2.75) is 24.5 Å². The Morgan fingerprint density at radius 1 is 0.972 bits per heavy atom. The van der Waals surface area contributed by atoms with E-state index < -0.39 is 17.6 Å². The molecular weight excluding hydrogens is 487 g/mol. The molecule has 0 aliphatic rings. The maximum atomic E-state index is 12.9. The van der Waals surface area contributed by atoms with Gasteiger partial charge < -0.3 is 15.2 Å². The van der Waals surface area contributed by atoms with Gasteiger partial charge in [0.15, 0.2) is 0 Å². The minimum atomic E-state index is -4.51. The van der Waals surface area contributed by atoms with E-state index in [-0.39, 0.29) is 23.8 Å². The molecule has 4 rings (SSSR count). The van der Waals surface area contributed by atoms with Crippen molar-refractivity contribution >= 4 is 40.2 Å². The molecule has 0 spiro atoms. The van der Waals surface area contributed by atoms with Crippen molar-refractivity contribution in [1.82, 2.24) is 9.88 Å². The van der Waals surface area contributed by atoms with Crippen molar-refractivity contribution in [3.63, 3.8) is 0 Å². The molecule has 0 fully saturated rings. The highest BCUT2D eigenvalue weighted by Gasteiger charge is 2.30. The fourth-order valence-electron chi connectivity index (χ4n) is 3.72. The monoisotopic (exact) mass is 511 g/mol. The third-order valence-electron chi connectivity index (χ3n) is 5.54. The minimum absolute atomic E-state index is 0.0435. The second kappa shape index (κ2) is 10.9. The highest BCUT2D eigenvalue weighted by atomic mass is 32.2. The number of carbonyl (C=O) groups excluding carboxylic acids is 2. The fourth-order valence-corrected chi connectivity index (χ4v) is 4.61. The zero-order valence-corrected chi connectivity index (χ0v) is 20.2. The van der Waals surface area contributed by atoms with Crippen LogP contribution in [0.2, 0.25) is 0 Å². The van der Waals surface area contributed by atoms with Crippen LogP contribution in [0.25, 0.3) is 10.9 Å². The van der Waals surface area contributed by atoms with Gasteiger partial charge in [0.2, 0.25) is 5.91 Å². The Hall–Kier alpha value is -3.72. The van der Waals surface area contributed by atoms with Crippen LogP contribution < -0.4 is 10.6 Å². The van der Waals surface area contributed by atoms with E-state index in [2.05, 4.69) is 10.6 Å². The number of rotatable bonds is 8. The Morgan fingerprint density at radius 3 is 2.47 bits per heavy atom. The number of benzene rings is 3. The molecule has 0 aliphatic carbocycles. The number of amides is 2. The molecule has 2 amide bonds. The molecule has 0 unspecified atom stereocenters. The third kappa shape index (κ3) is 6.28. The highest BCUT2D eigenvalue weighted by Crippen LogP contribution is 2.31. The Bertz CT molecular complexity index is 1380. The molecule has 9 heteroatoms. The van der Waals surface area contributed by atoms with Gasteiger partial charge in [-0.25, -0.2) is 0 Å². The minimum Gasteiger partial charge on any atom is -0.350 e. The first-order chi connectivity index (χ1) is 17.2. The summed E-state index contributed by atoms with van der Waals surface area (Å²) in [5, 5.41) is 6.55. The molecule has 1 aromatic heterocycles. The third-order valence-corrected chi connectivity index (χ3v) is 6.58. The molecule has 0 saturated heterocycles. The smallest absolute Gasteiger partial charge is 0.350 e. The summed E-state index contributed by atoms with van der Waals surface area (Å²) < 4.78 is 40.7. The molecule has 3 aromatic carbocycles. The summed E-state index contributed by atoms with van der Waals surface area (Å²) in [6.45, 7) is 2.63. The molecule has 1 heterocycles. The molecule has 36 heavy (non-hydrogen) atoms. The Morgan fingerprint density at radius 2 is 1.72 bits per heavy atom. The summed E-state index contributed by atoms with van der Waals surface area (Å²) >= 11 is 1.41. The number of thioether (sulfide) groups is 1. The maximum Gasteiger partial charge on any atom is 0.416 e. The van der Waals surface area contributed by atoms with E-state index in [0.717, 1.165) is 39.2 Å². The molecule has 4 aromatic rings. The summed E-state index contributed by atoms with van der Waals surface area (Å²) in [6, 6.07) is 19.7. The molecule has 0 bridgehead atoms. The van der Waals surface area contributed by atoms with Gasteiger partial charge in [-0.3, -0.25) is 9.59 Å². The number of halogens is 3. The normalized spacial score (nSPS) is 11.4. The predicted molar refractivity (Wildman–Crippen MR) is 136 cm³/mol. The largest absolute Gasteiger partial charge is 0.416 e. The second-order valence-corrected chi connectivity index (χ2v) is 9.26. The van der Waals surface area contributed by atoms with Crippen LogP contribution in [-0.2, 0) is 17.5 Å². The molecule has 5 nitrogen and oxygen atoms in total. The first-order valence-electron chi connectivity index (χ1n) is 11.2. The fraction of sp³-hybridized carbons (Fsp3) is 0.185. The van der Waals surface area contributed by atoms with Crippen LogP contribution in [0.4, 0.5) is 18.9 Å². The molecule has 0 aliphatic heterocycles. The van der Waals surface area contributed by atoms with Gasteiger partial charge in [-0.2, -0.15) is 13.2 Å². The number of nitrogens with one attached hydrogen (secondary N) is 2. The molecule has 186 valence electrons. The number of alkyl halides is 3. The Labute approximate surface area is 210 Å². The number of anilines is 1. The summed E-state index contributed by atoms with van der Waals surface area (Å²) in [5.74, 6) is -0.456. The van der Waals surface area contributed by atoms with Gasteiger partial charge in [-0.1, -0.05) is 42.0 Å². The van der Waals surface area contributed by atoms with E-state index in [1.54, 1.807) is 0 Å². The number of fused-ring (bicyclic) bond motifs is 1. The molecular formula is C27H24F3N3O2S. The topological polar surface area (TPSA) is 63.1 Å². The van der Waals surface area contributed by atoms with E-state index in [1.807, 2.05) is 66.2 Å². The van der Waals surface area contributed by atoms with Crippen LogP contribution >= 0.6 is 11.8 Å². The number of carbonyl (C=O) groups is 2. The maximum absolute atomic E-state index is 12.9. The molecule has 0 radical (unpaired) electrons. The predicted octanol–water partition coefficient (Wildman–Crippen LogP) is 6.13. The second-order valence-electron chi connectivity index (χ2n) is 8.24. The molecule has 2 N–H and O–H groups in total. The number of nitrogens with zero attached hydrogens (tertiary/aromatic N) is 1. The first-order valence-corrected chi connectivity index (χ1v) is 12.2. The van der Waals surface area contributed by atoms with Gasteiger partial charge in [0.05, 0.1) is 11.3 Å². The zero-order chi connectivity index (χ0) is 25.7. The molecule has 0 saturated carbocycles. The van der Waals surface area contributed by atoms with Crippen molar-refractivity contribution in [1.29, 1.82) is 0 Å². The summed E-state index contributed by atoms with van der Waals surface area (Å²) in [5.41, 5.74) is 1.89. The average molecular weight is 512 g/mol. The van der Waals surface area contributed by atoms with Crippen LogP contribution in [0.1, 0.15) is 21.5 Å². The van der Waals surface area contributed by atoms with Gasteiger partial charge >= 0.3 is 6.18 Å². The van der Waals surface area contributed by atoms with Gasteiger partial charge in [0.25, 0.3) is 5.91 Å². The summed E-state index contributed by atoms with van der Waals surface area (Å²) in [6.07, 6.45) is -2.59. The van der Waals surface area contributed by atoms with Crippen LogP contribution in [-0.4, -0.2) is 28.7 Å². The lowest BCUT2D eigenvalue weighted by Crippen LogP contribution is -2.27. The van der Waals surface area contributed by atoms with Crippen LogP contribution in [0.3, 0.4) is 0 Å². The van der Waals surface area contributed by atoms with Crippen molar-refractivity contribution in [3.05, 3.63) is 95.7 Å². The van der Waals surface area contributed by atoms with Crippen molar-refractivity contribution in [2.75, 3.05) is 17.6 Å². The lowest BCUT2D eigenvalue weighted by molar-refractivity contribution is -0.137. The molecule has 0 atom stereocenters. The van der Waals surface area contributed by atoms with E-state index in [0.29, 0.717) is 6.54 Å². The van der Waals surface area contributed by atoms with E-state index >= 15 is 0 Å².